The fraction of sp³-hybridized carbons (Fsp3) is 0.429. The van der Waals surface area contributed by atoms with Crippen molar-refractivity contribution in [3.63, 3.8) is 0 Å². The van der Waals surface area contributed by atoms with Crippen molar-refractivity contribution in [3.05, 3.63) is 27.6 Å². The van der Waals surface area contributed by atoms with E-state index < -0.39 is 0 Å². The number of hydrogen-bond donors (Lipinski definition) is 1. The molecule has 4 nitrogen and oxygen atoms in total. The average molecular weight is 368 g/mol. The summed E-state index contributed by atoms with van der Waals surface area (Å²) in [5.74, 6) is 1.90. The summed E-state index contributed by atoms with van der Waals surface area (Å²) >= 11 is 2.30. The molecule has 0 atom stereocenters. The van der Waals surface area contributed by atoms with Gasteiger partial charge >= 0.3 is 0 Å². The number of anilines is 1. The number of nitrogen functional groups attached to an aromatic ring is 1. The number of nitrogens with zero attached hydrogens (tertiary/aromatic N) is 3. The number of halogens is 1. The van der Waals surface area contributed by atoms with Crippen LogP contribution in [-0.2, 0) is 0 Å². The summed E-state index contributed by atoms with van der Waals surface area (Å²) in [6, 6.07) is 6.58. The van der Waals surface area contributed by atoms with E-state index in [1.807, 2.05) is 19.1 Å². The van der Waals surface area contributed by atoms with Crippen molar-refractivity contribution in [2.75, 3.05) is 5.73 Å². The molecule has 100 valence electrons. The molecule has 19 heavy (non-hydrogen) atoms. The summed E-state index contributed by atoms with van der Waals surface area (Å²) in [5.41, 5.74) is 7.88. The maximum atomic E-state index is 6.11. The molecule has 2 aromatic rings. The minimum Gasteiger partial charge on any atom is -0.398 e. The van der Waals surface area contributed by atoms with Crippen molar-refractivity contribution in [1.82, 2.24) is 14.8 Å². The van der Waals surface area contributed by atoms with Gasteiger partial charge in [0.05, 0.1) is 0 Å². The van der Waals surface area contributed by atoms with Crippen LogP contribution in [0.3, 0.4) is 0 Å². The number of benzene rings is 1. The second-order valence-corrected chi connectivity index (χ2v) is 6.36. The third kappa shape index (κ3) is 2.35. The molecule has 2 N–H and O–H groups in total. The topological polar surface area (TPSA) is 56.7 Å². The standard InChI is InChI=1S/C14H17IN4/c1-9-17-18-14(19(9)11-4-2-3-5-11)12-8-10(15)6-7-13(12)16/h6-8,11H,2-5,16H2,1H3. The summed E-state index contributed by atoms with van der Waals surface area (Å²) in [6.07, 6.45) is 5.03. The zero-order valence-corrected chi connectivity index (χ0v) is 13.1. The predicted molar refractivity (Wildman–Crippen MR) is 84.8 cm³/mol. The second kappa shape index (κ2) is 5.11. The van der Waals surface area contributed by atoms with E-state index >= 15 is 0 Å². The molecule has 5 heteroatoms. The van der Waals surface area contributed by atoms with Crippen molar-refractivity contribution in [2.24, 2.45) is 0 Å². The Morgan fingerprint density at radius 2 is 2.00 bits per heavy atom. The molecule has 0 amide bonds. The highest BCUT2D eigenvalue weighted by Crippen LogP contribution is 2.35. The molecular weight excluding hydrogens is 351 g/mol. The smallest absolute Gasteiger partial charge is 0.166 e. The van der Waals surface area contributed by atoms with Crippen molar-refractivity contribution >= 4 is 28.3 Å². The minimum absolute atomic E-state index is 0.530. The summed E-state index contributed by atoms with van der Waals surface area (Å²) in [6.45, 7) is 2.03. The molecule has 1 saturated carbocycles. The lowest BCUT2D eigenvalue weighted by Crippen LogP contribution is -2.09. The first kappa shape index (κ1) is 12.9. The predicted octanol–water partition coefficient (Wildman–Crippen LogP) is 3.56. The van der Waals surface area contributed by atoms with Gasteiger partial charge in [-0.05, 0) is 60.6 Å². The number of nitrogens with two attached hydrogens (primary N) is 1. The lowest BCUT2D eigenvalue weighted by atomic mass is 10.1. The molecule has 3 rings (SSSR count). The van der Waals surface area contributed by atoms with Crippen LogP contribution in [0.4, 0.5) is 5.69 Å². The van der Waals surface area contributed by atoms with Gasteiger partial charge in [0, 0.05) is 20.9 Å². The lowest BCUT2D eigenvalue weighted by molar-refractivity contribution is 0.510. The van der Waals surface area contributed by atoms with Gasteiger partial charge in [0.1, 0.15) is 5.82 Å². The fourth-order valence-corrected chi connectivity index (χ4v) is 3.37. The first-order valence-corrected chi connectivity index (χ1v) is 7.71. The Bertz CT molecular complexity index is 599. The van der Waals surface area contributed by atoms with Gasteiger partial charge in [-0.25, -0.2) is 0 Å². The molecule has 0 bridgehead atoms. The van der Waals surface area contributed by atoms with E-state index in [0.29, 0.717) is 6.04 Å². The third-order valence-corrected chi connectivity index (χ3v) is 4.48. The maximum absolute atomic E-state index is 6.11. The lowest BCUT2D eigenvalue weighted by Gasteiger charge is -2.16. The molecule has 1 heterocycles. The quantitative estimate of drug-likeness (QED) is 0.652. The number of aryl methyl sites for hydroxylation is 1. The van der Waals surface area contributed by atoms with Crippen LogP contribution in [0.25, 0.3) is 11.4 Å². The van der Waals surface area contributed by atoms with Gasteiger partial charge in [-0.1, -0.05) is 12.8 Å². The van der Waals surface area contributed by atoms with Crippen molar-refractivity contribution < 1.29 is 0 Å². The molecule has 1 fully saturated rings. The van der Waals surface area contributed by atoms with E-state index in [1.165, 1.54) is 29.3 Å². The van der Waals surface area contributed by atoms with Gasteiger partial charge in [0.15, 0.2) is 5.82 Å². The first-order valence-electron chi connectivity index (χ1n) is 6.63. The van der Waals surface area contributed by atoms with Crippen LogP contribution >= 0.6 is 22.6 Å². The maximum Gasteiger partial charge on any atom is 0.166 e. The molecular formula is C14H17IN4. The van der Waals surface area contributed by atoms with Crippen LogP contribution < -0.4 is 5.73 Å². The zero-order valence-electron chi connectivity index (χ0n) is 10.9. The van der Waals surface area contributed by atoms with E-state index in [0.717, 1.165) is 22.9 Å². The molecule has 0 aliphatic heterocycles. The van der Waals surface area contributed by atoms with E-state index in [1.54, 1.807) is 0 Å². The Morgan fingerprint density at radius 1 is 1.26 bits per heavy atom. The number of rotatable bonds is 2. The Balaban J connectivity index is 2.12. The SMILES string of the molecule is Cc1nnc(-c2cc(I)ccc2N)n1C1CCCC1. The van der Waals surface area contributed by atoms with Crippen LogP contribution in [0, 0.1) is 10.5 Å². The highest BCUT2D eigenvalue weighted by atomic mass is 127. The largest absolute Gasteiger partial charge is 0.398 e. The Kier molecular flexibility index (Phi) is 3.47. The van der Waals surface area contributed by atoms with Crippen LogP contribution in [0.2, 0.25) is 0 Å². The van der Waals surface area contributed by atoms with Crippen LogP contribution in [-0.4, -0.2) is 14.8 Å². The molecule has 1 aliphatic rings. The van der Waals surface area contributed by atoms with E-state index in [9.17, 15) is 0 Å². The van der Waals surface area contributed by atoms with Crippen molar-refractivity contribution in [3.8, 4) is 11.4 Å². The Labute approximate surface area is 126 Å². The second-order valence-electron chi connectivity index (χ2n) is 5.11. The average Bonchev–Trinajstić information content (AvgIpc) is 3.01. The van der Waals surface area contributed by atoms with Gasteiger partial charge < -0.3 is 10.3 Å². The van der Waals surface area contributed by atoms with E-state index in [4.69, 9.17) is 5.73 Å². The Morgan fingerprint density at radius 3 is 2.74 bits per heavy atom. The zero-order chi connectivity index (χ0) is 13.4. The minimum atomic E-state index is 0.530. The third-order valence-electron chi connectivity index (χ3n) is 3.81. The van der Waals surface area contributed by atoms with Gasteiger partial charge in [-0.15, -0.1) is 10.2 Å². The molecule has 0 radical (unpaired) electrons. The van der Waals surface area contributed by atoms with Crippen LogP contribution in [0.15, 0.2) is 18.2 Å². The number of hydrogen-bond acceptors (Lipinski definition) is 3. The molecule has 0 saturated heterocycles. The first-order chi connectivity index (χ1) is 9.16. The highest BCUT2D eigenvalue weighted by molar-refractivity contribution is 14.1. The van der Waals surface area contributed by atoms with Gasteiger partial charge in [0.25, 0.3) is 0 Å². The number of aromatic nitrogens is 3. The molecule has 0 unspecified atom stereocenters. The highest BCUT2D eigenvalue weighted by Gasteiger charge is 2.23. The summed E-state index contributed by atoms with van der Waals surface area (Å²) in [7, 11) is 0. The van der Waals surface area contributed by atoms with E-state index in [2.05, 4.69) is 43.4 Å². The van der Waals surface area contributed by atoms with Gasteiger partial charge in [-0.2, -0.15) is 0 Å². The van der Waals surface area contributed by atoms with Crippen LogP contribution in [0.1, 0.15) is 37.5 Å². The van der Waals surface area contributed by atoms with Crippen molar-refractivity contribution in [1.29, 1.82) is 0 Å². The van der Waals surface area contributed by atoms with Crippen LogP contribution in [0.5, 0.6) is 0 Å². The monoisotopic (exact) mass is 368 g/mol. The van der Waals surface area contributed by atoms with Gasteiger partial charge in [0.2, 0.25) is 0 Å². The van der Waals surface area contributed by atoms with Crippen molar-refractivity contribution in [2.45, 2.75) is 38.6 Å². The Hall–Kier alpha value is -1.11. The molecule has 0 spiro atoms. The molecule has 1 aromatic carbocycles. The van der Waals surface area contributed by atoms with E-state index in [-0.39, 0.29) is 0 Å². The summed E-state index contributed by atoms with van der Waals surface area (Å²) in [5, 5.41) is 8.63. The summed E-state index contributed by atoms with van der Waals surface area (Å²) in [4.78, 5) is 0. The fourth-order valence-electron chi connectivity index (χ4n) is 2.87. The van der Waals surface area contributed by atoms with Gasteiger partial charge in [-0.3, -0.25) is 0 Å². The molecule has 1 aromatic heterocycles. The summed E-state index contributed by atoms with van der Waals surface area (Å²) < 4.78 is 3.44. The normalized spacial score (nSPS) is 16.1. The molecule has 1 aliphatic carbocycles.